The first kappa shape index (κ1) is 7.91. The van der Waals surface area contributed by atoms with Gasteiger partial charge in [0.15, 0.2) is 0 Å². The number of aromatic nitrogens is 2. The molecule has 0 bridgehead atoms. The summed E-state index contributed by atoms with van der Waals surface area (Å²) in [4.78, 5) is 8.43. The molecule has 0 aliphatic rings. The first-order valence-corrected chi connectivity index (χ1v) is 4.16. The Kier molecular flexibility index (Phi) is 2.23. The maximum Gasteiger partial charge on any atom is 0.126 e. The molecule has 0 spiro atoms. The van der Waals surface area contributed by atoms with E-state index in [9.17, 15) is 0 Å². The second-order valence-electron chi connectivity index (χ2n) is 2.27. The quantitative estimate of drug-likeness (QED) is 0.518. The van der Waals surface area contributed by atoms with Gasteiger partial charge in [0.2, 0.25) is 0 Å². The van der Waals surface area contributed by atoms with Crippen LogP contribution in [0.3, 0.4) is 0 Å². The molecule has 0 amide bonds. The average molecular weight is 248 g/mol. The average Bonchev–Trinajstić information content (AvgIpc) is 1.82. The number of hydrogen-bond acceptors (Lipinski definition) is 2. The van der Waals surface area contributed by atoms with Gasteiger partial charge in [-0.05, 0) is 43.4 Å². The minimum Gasteiger partial charge on any atom is -0.238 e. The summed E-state index contributed by atoms with van der Waals surface area (Å²) < 4.78 is 1.06. The molecule has 54 valence electrons. The second-order valence-corrected chi connectivity index (χ2v) is 3.29. The van der Waals surface area contributed by atoms with E-state index in [0.29, 0.717) is 0 Å². The van der Waals surface area contributed by atoms with Crippen LogP contribution in [0.25, 0.3) is 0 Å². The highest BCUT2D eigenvalue weighted by molar-refractivity contribution is 14.1. The van der Waals surface area contributed by atoms with Crippen LogP contribution in [0.2, 0.25) is 0 Å². The van der Waals surface area contributed by atoms with Gasteiger partial charge < -0.3 is 0 Å². The summed E-state index contributed by atoms with van der Waals surface area (Å²) in [5.74, 6) is 0.854. The number of halogens is 1. The largest absolute Gasteiger partial charge is 0.238 e. The van der Waals surface area contributed by atoms with Crippen molar-refractivity contribution in [1.82, 2.24) is 9.97 Å². The third-order valence-corrected chi connectivity index (χ3v) is 2.49. The minimum atomic E-state index is 0.854. The molecule has 0 saturated carbocycles. The van der Waals surface area contributed by atoms with Crippen LogP contribution in [0, 0.1) is 24.5 Å². The van der Waals surface area contributed by atoms with Gasteiger partial charge in [0.25, 0.3) is 0 Å². The normalized spacial score (nSPS) is 10.0. The Morgan fingerprint density at radius 1 is 1.10 bits per heavy atom. The summed E-state index contributed by atoms with van der Waals surface area (Å²) in [5.41, 5.74) is 2.27. The molecular formula is C7H9IN2. The van der Waals surface area contributed by atoms with Crippen molar-refractivity contribution >= 4 is 22.6 Å². The molecule has 1 aromatic heterocycles. The Bertz CT molecular complexity index is 235. The lowest BCUT2D eigenvalue weighted by Gasteiger charge is -2.01. The molecular weight excluding hydrogens is 239 g/mol. The lowest BCUT2D eigenvalue weighted by molar-refractivity contribution is 0.964. The summed E-state index contributed by atoms with van der Waals surface area (Å²) in [5, 5.41) is 0. The predicted molar refractivity (Wildman–Crippen MR) is 49.0 cm³/mol. The highest BCUT2D eigenvalue weighted by Crippen LogP contribution is 2.10. The van der Waals surface area contributed by atoms with E-state index in [-0.39, 0.29) is 0 Å². The van der Waals surface area contributed by atoms with E-state index in [1.54, 1.807) is 0 Å². The van der Waals surface area contributed by atoms with Gasteiger partial charge in [0.05, 0.1) is 0 Å². The third-order valence-electron chi connectivity index (χ3n) is 1.44. The van der Waals surface area contributed by atoms with Gasteiger partial charge in [0.1, 0.15) is 9.53 Å². The molecule has 0 atom stereocenters. The van der Waals surface area contributed by atoms with E-state index in [1.807, 2.05) is 20.8 Å². The van der Waals surface area contributed by atoms with E-state index >= 15 is 0 Å². The smallest absolute Gasteiger partial charge is 0.126 e. The molecule has 0 aromatic carbocycles. The summed E-state index contributed by atoms with van der Waals surface area (Å²) in [6.45, 7) is 5.96. The van der Waals surface area contributed by atoms with Crippen LogP contribution in [0.4, 0.5) is 0 Å². The van der Waals surface area contributed by atoms with Crippen LogP contribution in [0.1, 0.15) is 17.1 Å². The summed E-state index contributed by atoms with van der Waals surface area (Å²) in [6, 6.07) is 0. The van der Waals surface area contributed by atoms with Crippen molar-refractivity contribution in [3.8, 4) is 0 Å². The van der Waals surface area contributed by atoms with Crippen molar-refractivity contribution in [2.75, 3.05) is 0 Å². The second kappa shape index (κ2) is 2.82. The van der Waals surface area contributed by atoms with E-state index in [4.69, 9.17) is 0 Å². The fraction of sp³-hybridized carbons (Fsp3) is 0.429. The van der Waals surface area contributed by atoms with Crippen molar-refractivity contribution in [2.24, 2.45) is 0 Å². The lowest BCUT2D eigenvalue weighted by Crippen LogP contribution is -1.97. The fourth-order valence-corrected chi connectivity index (χ4v) is 1.47. The Balaban J connectivity index is 3.31. The molecule has 0 N–H and O–H groups in total. The van der Waals surface area contributed by atoms with Gasteiger partial charge in [-0.2, -0.15) is 0 Å². The molecule has 1 aromatic rings. The molecule has 0 aliphatic heterocycles. The van der Waals surface area contributed by atoms with E-state index < -0.39 is 0 Å². The Hall–Kier alpha value is -0.190. The monoisotopic (exact) mass is 248 g/mol. The number of rotatable bonds is 0. The van der Waals surface area contributed by atoms with Crippen LogP contribution in [0.5, 0.6) is 0 Å². The van der Waals surface area contributed by atoms with E-state index in [2.05, 4.69) is 32.6 Å². The topological polar surface area (TPSA) is 25.8 Å². The van der Waals surface area contributed by atoms with Crippen molar-refractivity contribution in [2.45, 2.75) is 20.8 Å². The SMILES string of the molecule is Cc1nc(C)c(C)c(I)n1. The summed E-state index contributed by atoms with van der Waals surface area (Å²) >= 11 is 2.22. The first-order valence-electron chi connectivity index (χ1n) is 3.08. The summed E-state index contributed by atoms with van der Waals surface area (Å²) in [6.07, 6.45) is 0. The molecule has 0 radical (unpaired) electrons. The molecule has 0 saturated heterocycles. The molecule has 0 fully saturated rings. The van der Waals surface area contributed by atoms with Crippen LogP contribution in [-0.4, -0.2) is 9.97 Å². The Morgan fingerprint density at radius 2 is 1.70 bits per heavy atom. The van der Waals surface area contributed by atoms with Gasteiger partial charge in [-0.3, -0.25) is 0 Å². The molecule has 2 nitrogen and oxygen atoms in total. The van der Waals surface area contributed by atoms with E-state index in [0.717, 1.165) is 15.2 Å². The number of aryl methyl sites for hydroxylation is 2. The van der Waals surface area contributed by atoms with Gasteiger partial charge in [0, 0.05) is 11.3 Å². The fourth-order valence-electron chi connectivity index (χ4n) is 0.727. The highest BCUT2D eigenvalue weighted by Gasteiger charge is 2.00. The van der Waals surface area contributed by atoms with Gasteiger partial charge in [-0.1, -0.05) is 0 Å². The van der Waals surface area contributed by atoms with Gasteiger partial charge in [-0.15, -0.1) is 0 Å². The van der Waals surface area contributed by atoms with E-state index in [1.165, 1.54) is 5.56 Å². The van der Waals surface area contributed by atoms with Crippen molar-refractivity contribution in [1.29, 1.82) is 0 Å². The maximum absolute atomic E-state index is 4.22. The molecule has 1 heterocycles. The standard InChI is InChI=1S/C7H9IN2/c1-4-5(2)9-6(3)10-7(4)8/h1-3H3. The first-order chi connectivity index (χ1) is 4.61. The zero-order valence-electron chi connectivity index (χ0n) is 6.27. The van der Waals surface area contributed by atoms with Crippen molar-refractivity contribution in [3.63, 3.8) is 0 Å². The van der Waals surface area contributed by atoms with Gasteiger partial charge >= 0.3 is 0 Å². The Morgan fingerprint density at radius 3 is 2.20 bits per heavy atom. The van der Waals surface area contributed by atoms with Crippen molar-refractivity contribution in [3.05, 3.63) is 20.8 Å². The van der Waals surface area contributed by atoms with Crippen LogP contribution < -0.4 is 0 Å². The third kappa shape index (κ3) is 1.45. The summed E-state index contributed by atoms with van der Waals surface area (Å²) in [7, 11) is 0. The molecule has 0 aliphatic carbocycles. The molecule has 10 heavy (non-hydrogen) atoms. The van der Waals surface area contributed by atoms with Crippen LogP contribution >= 0.6 is 22.6 Å². The van der Waals surface area contributed by atoms with Crippen LogP contribution in [-0.2, 0) is 0 Å². The molecule has 0 unspecified atom stereocenters. The van der Waals surface area contributed by atoms with Crippen molar-refractivity contribution < 1.29 is 0 Å². The lowest BCUT2D eigenvalue weighted by atomic mass is 10.3. The maximum atomic E-state index is 4.22. The molecule has 3 heteroatoms. The van der Waals surface area contributed by atoms with Crippen LogP contribution in [0.15, 0.2) is 0 Å². The van der Waals surface area contributed by atoms with Gasteiger partial charge in [-0.25, -0.2) is 9.97 Å². The zero-order chi connectivity index (χ0) is 7.72. The molecule has 1 rings (SSSR count). The number of hydrogen-bond donors (Lipinski definition) is 0. The highest BCUT2D eigenvalue weighted by atomic mass is 127. The Labute approximate surface area is 74.2 Å². The zero-order valence-corrected chi connectivity index (χ0v) is 8.43. The number of nitrogens with zero attached hydrogens (tertiary/aromatic N) is 2. The predicted octanol–water partition coefficient (Wildman–Crippen LogP) is 2.01. The minimum absolute atomic E-state index is 0.854.